The summed E-state index contributed by atoms with van der Waals surface area (Å²) < 4.78 is 26.7. The molecule has 1 rings (SSSR count). The van der Waals surface area contributed by atoms with E-state index in [2.05, 4.69) is 15.9 Å². The van der Waals surface area contributed by atoms with E-state index >= 15 is 0 Å². The maximum Gasteiger partial charge on any atom is 0.276 e. The molecule has 0 aromatic carbocycles. The molecule has 0 bridgehead atoms. The van der Waals surface area contributed by atoms with E-state index in [0.717, 1.165) is 0 Å². The summed E-state index contributed by atoms with van der Waals surface area (Å²) in [6.45, 7) is -0.500. The van der Waals surface area contributed by atoms with Gasteiger partial charge in [-0.05, 0) is 22.0 Å². The van der Waals surface area contributed by atoms with Crippen molar-refractivity contribution < 1.29 is 13.9 Å². The highest BCUT2D eigenvalue weighted by Gasteiger charge is 2.31. The van der Waals surface area contributed by atoms with E-state index in [4.69, 9.17) is 5.11 Å². The molecule has 0 amide bonds. The number of alkyl halides is 2. The van der Waals surface area contributed by atoms with Crippen LogP contribution >= 0.6 is 27.3 Å². The molecule has 0 atom stereocenters. The Kier molecular flexibility index (Phi) is 3.20. The largest absolute Gasteiger partial charge is 0.396 e. The fourth-order valence-corrected chi connectivity index (χ4v) is 1.99. The van der Waals surface area contributed by atoms with Crippen molar-refractivity contribution in [3.63, 3.8) is 0 Å². The second kappa shape index (κ2) is 3.81. The van der Waals surface area contributed by atoms with E-state index in [1.165, 1.54) is 22.8 Å². The molecule has 0 saturated heterocycles. The Hall–Kier alpha value is -0.000000000000000111. The summed E-state index contributed by atoms with van der Waals surface area (Å²) in [5.41, 5.74) is -0.0339. The van der Waals surface area contributed by atoms with Gasteiger partial charge in [0.15, 0.2) is 0 Å². The number of rotatable bonds is 3. The van der Waals surface area contributed by atoms with E-state index in [1.54, 1.807) is 0 Å². The molecule has 1 aromatic heterocycles. The summed E-state index contributed by atoms with van der Waals surface area (Å²) in [6, 6.07) is 1.38. The summed E-state index contributed by atoms with van der Waals surface area (Å²) in [5, 5.41) is 9.77. The molecule has 12 heavy (non-hydrogen) atoms. The average molecular weight is 257 g/mol. The molecule has 0 aliphatic carbocycles. The molecule has 0 fully saturated rings. The van der Waals surface area contributed by atoms with Gasteiger partial charge in [0.1, 0.15) is 0 Å². The number of hydrogen-bond donors (Lipinski definition) is 1. The molecule has 0 saturated carbocycles. The fourth-order valence-electron chi connectivity index (χ4n) is 0.787. The van der Waals surface area contributed by atoms with Crippen LogP contribution in [0.4, 0.5) is 8.78 Å². The Balaban J connectivity index is 2.81. The highest BCUT2D eigenvalue weighted by molar-refractivity contribution is 9.11. The lowest BCUT2D eigenvalue weighted by atomic mass is 10.1. The quantitative estimate of drug-likeness (QED) is 0.882. The van der Waals surface area contributed by atoms with Crippen molar-refractivity contribution in [1.82, 2.24) is 0 Å². The molecule has 1 nitrogen and oxygen atoms in total. The van der Waals surface area contributed by atoms with Crippen LogP contribution in [0, 0.1) is 0 Å². The van der Waals surface area contributed by atoms with Gasteiger partial charge in [-0.3, -0.25) is 0 Å². The van der Waals surface area contributed by atoms with Crippen molar-refractivity contribution in [3.8, 4) is 0 Å². The van der Waals surface area contributed by atoms with Crippen molar-refractivity contribution in [2.45, 2.75) is 12.3 Å². The Morgan fingerprint density at radius 2 is 2.25 bits per heavy atom. The molecular formula is C7H7BrF2OS. The zero-order valence-corrected chi connectivity index (χ0v) is 8.46. The first-order valence-corrected chi connectivity index (χ1v) is 4.97. The molecule has 0 aliphatic heterocycles. The predicted octanol–water partition coefficient (Wildman–Crippen LogP) is 2.98. The molecule has 1 heterocycles. The fraction of sp³-hybridized carbons (Fsp3) is 0.429. The third kappa shape index (κ3) is 2.24. The lowest BCUT2D eigenvalue weighted by molar-refractivity contribution is -0.0266. The van der Waals surface area contributed by atoms with E-state index in [9.17, 15) is 8.78 Å². The van der Waals surface area contributed by atoms with Crippen LogP contribution in [0.15, 0.2) is 15.2 Å². The lowest BCUT2D eigenvalue weighted by Crippen LogP contribution is -2.13. The van der Waals surface area contributed by atoms with Gasteiger partial charge in [-0.2, -0.15) is 0 Å². The van der Waals surface area contributed by atoms with Gasteiger partial charge in [-0.25, -0.2) is 8.78 Å². The minimum atomic E-state index is -2.91. The average Bonchev–Trinajstić information content (AvgIpc) is 2.36. The van der Waals surface area contributed by atoms with Gasteiger partial charge in [0.2, 0.25) is 0 Å². The molecule has 68 valence electrons. The predicted molar refractivity (Wildman–Crippen MR) is 47.6 cm³/mol. The van der Waals surface area contributed by atoms with Gasteiger partial charge in [0, 0.05) is 24.0 Å². The third-order valence-corrected chi connectivity index (χ3v) is 2.92. The Labute approximate surface area is 81.2 Å². The Morgan fingerprint density at radius 1 is 1.58 bits per heavy atom. The lowest BCUT2D eigenvalue weighted by Gasteiger charge is -2.12. The Bertz CT molecular complexity index is 262. The SMILES string of the molecule is OCCC(F)(F)c1csc(Br)c1. The third-order valence-electron chi connectivity index (χ3n) is 1.42. The van der Waals surface area contributed by atoms with Gasteiger partial charge in [0.25, 0.3) is 5.92 Å². The molecule has 0 radical (unpaired) electrons. The van der Waals surface area contributed by atoms with Crippen LogP contribution in [0.1, 0.15) is 12.0 Å². The highest BCUT2D eigenvalue weighted by atomic mass is 79.9. The van der Waals surface area contributed by atoms with Gasteiger partial charge in [-0.1, -0.05) is 0 Å². The molecule has 5 heteroatoms. The number of thiophene rings is 1. The second-order valence-corrected chi connectivity index (χ2v) is 4.61. The van der Waals surface area contributed by atoms with Crippen molar-refractivity contribution in [3.05, 3.63) is 20.8 Å². The summed E-state index contributed by atoms with van der Waals surface area (Å²) in [7, 11) is 0. The molecule has 1 N–H and O–H groups in total. The van der Waals surface area contributed by atoms with E-state index < -0.39 is 19.0 Å². The van der Waals surface area contributed by atoms with Crippen LogP contribution in [-0.2, 0) is 5.92 Å². The molecule has 0 spiro atoms. The number of aliphatic hydroxyl groups is 1. The maximum atomic E-state index is 13.0. The van der Waals surface area contributed by atoms with Crippen molar-refractivity contribution >= 4 is 27.3 Å². The van der Waals surface area contributed by atoms with Crippen molar-refractivity contribution in [2.24, 2.45) is 0 Å². The van der Waals surface area contributed by atoms with Crippen LogP contribution in [0.25, 0.3) is 0 Å². The first-order valence-electron chi connectivity index (χ1n) is 3.29. The number of aliphatic hydroxyl groups excluding tert-OH is 1. The van der Waals surface area contributed by atoms with Gasteiger partial charge >= 0.3 is 0 Å². The number of halogens is 3. The van der Waals surface area contributed by atoms with Gasteiger partial charge in [-0.15, -0.1) is 11.3 Å². The minimum absolute atomic E-state index is 0.0339. The van der Waals surface area contributed by atoms with E-state index in [-0.39, 0.29) is 5.56 Å². The van der Waals surface area contributed by atoms with Crippen LogP contribution in [0.2, 0.25) is 0 Å². The molecule has 1 aromatic rings. The number of hydrogen-bond acceptors (Lipinski definition) is 2. The van der Waals surface area contributed by atoms with Crippen molar-refractivity contribution in [1.29, 1.82) is 0 Å². The first kappa shape index (κ1) is 10.1. The van der Waals surface area contributed by atoms with E-state index in [0.29, 0.717) is 3.79 Å². The zero-order chi connectivity index (χ0) is 9.19. The van der Waals surface area contributed by atoms with Gasteiger partial charge in [0.05, 0.1) is 3.79 Å². The normalized spacial score (nSPS) is 12.0. The van der Waals surface area contributed by atoms with Crippen molar-refractivity contribution in [2.75, 3.05) is 6.61 Å². The second-order valence-electron chi connectivity index (χ2n) is 2.32. The zero-order valence-electron chi connectivity index (χ0n) is 6.06. The topological polar surface area (TPSA) is 20.2 Å². The smallest absolute Gasteiger partial charge is 0.276 e. The standard InChI is InChI=1S/C7H7BrF2OS/c8-6-3-5(4-12-6)7(9,10)1-2-11/h3-4,11H,1-2H2. The van der Waals surface area contributed by atoms with E-state index in [1.807, 2.05) is 0 Å². The van der Waals surface area contributed by atoms with Crippen LogP contribution in [0.5, 0.6) is 0 Å². The maximum absolute atomic E-state index is 13.0. The summed E-state index contributed by atoms with van der Waals surface area (Å²) >= 11 is 4.31. The van der Waals surface area contributed by atoms with Crippen LogP contribution < -0.4 is 0 Å². The van der Waals surface area contributed by atoms with Crippen LogP contribution in [0.3, 0.4) is 0 Å². The monoisotopic (exact) mass is 256 g/mol. The van der Waals surface area contributed by atoms with Gasteiger partial charge < -0.3 is 5.11 Å². The summed E-state index contributed by atoms with van der Waals surface area (Å²) in [6.07, 6.45) is -0.518. The highest BCUT2D eigenvalue weighted by Crippen LogP contribution is 2.35. The first-order chi connectivity index (χ1) is 5.56. The van der Waals surface area contributed by atoms with Crippen LogP contribution in [-0.4, -0.2) is 11.7 Å². The Morgan fingerprint density at radius 3 is 2.67 bits per heavy atom. The summed E-state index contributed by atoms with van der Waals surface area (Å²) in [4.78, 5) is 0. The minimum Gasteiger partial charge on any atom is -0.396 e. The summed E-state index contributed by atoms with van der Waals surface area (Å²) in [5.74, 6) is -2.91. The molecule has 0 aliphatic rings. The molecule has 0 unspecified atom stereocenters. The molecular weight excluding hydrogens is 250 g/mol.